The van der Waals surface area contributed by atoms with Gasteiger partial charge in [-0.05, 0) is 49.7 Å². The third-order valence-corrected chi connectivity index (χ3v) is 4.53. The lowest BCUT2D eigenvalue weighted by molar-refractivity contribution is -0.116. The summed E-state index contributed by atoms with van der Waals surface area (Å²) in [4.78, 5) is 29.6. The average Bonchev–Trinajstić information content (AvgIpc) is 2.73. The number of amides is 1. The molecule has 1 amide bonds. The Balaban J connectivity index is 1.88. The Hall–Kier alpha value is -3.88. The first-order chi connectivity index (χ1) is 14.8. The van der Waals surface area contributed by atoms with E-state index in [1.165, 1.54) is 37.0 Å². The summed E-state index contributed by atoms with van der Waals surface area (Å²) < 4.78 is 25.2. The van der Waals surface area contributed by atoms with Gasteiger partial charge < -0.3 is 20.1 Å². The van der Waals surface area contributed by atoms with E-state index in [9.17, 15) is 14.0 Å². The van der Waals surface area contributed by atoms with Gasteiger partial charge in [0.25, 0.3) is 5.56 Å². The van der Waals surface area contributed by atoms with Crippen molar-refractivity contribution < 1.29 is 18.7 Å². The fourth-order valence-electron chi connectivity index (χ4n) is 2.97. The van der Waals surface area contributed by atoms with E-state index in [1.54, 1.807) is 38.1 Å². The molecule has 162 valence electrons. The molecule has 3 aromatic rings. The molecular formula is C22H23FN4O4. The van der Waals surface area contributed by atoms with Crippen molar-refractivity contribution in [3.8, 4) is 11.5 Å². The van der Waals surface area contributed by atoms with Crippen LogP contribution < -0.4 is 25.7 Å². The first-order valence-electron chi connectivity index (χ1n) is 9.44. The lowest BCUT2D eigenvalue weighted by Crippen LogP contribution is -2.30. The molecule has 9 heteroatoms. The molecule has 0 fully saturated rings. The SMILES string of the molecule is COc1ccc(OC)c(NC(=O)Cn2c(Nc3ccc(F)c(C)c3)nc(C)cc2=O)c1. The summed E-state index contributed by atoms with van der Waals surface area (Å²) in [5.74, 6) is 0.358. The van der Waals surface area contributed by atoms with Crippen LogP contribution in [0.3, 0.4) is 0 Å². The molecule has 0 bridgehead atoms. The summed E-state index contributed by atoms with van der Waals surface area (Å²) in [5.41, 5.74) is 1.47. The van der Waals surface area contributed by atoms with Gasteiger partial charge in [0, 0.05) is 23.5 Å². The van der Waals surface area contributed by atoms with Gasteiger partial charge in [-0.1, -0.05) is 0 Å². The zero-order valence-electron chi connectivity index (χ0n) is 17.7. The van der Waals surface area contributed by atoms with E-state index in [1.807, 2.05) is 0 Å². The number of benzene rings is 2. The number of carbonyl (C=O) groups excluding carboxylic acids is 1. The molecule has 0 unspecified atom stereocenters. The summed E-state index contributed by atoms with van der Waals surface area (Å²) in [7, 11) is 3.00. The van der Waals surface area contributed by atoms with Crippen molar-refractivity contribution in [3.63, 3.8) is 0 Å². The van der Waals surface area contributed by atoms with Gasteiger partial charge in [0.05, 0.1) is 19.9 Å². The number of hydrogen-bond acceptors (Lipinski definition) is 6. The van der Waals surface area contributed by atoms with Crippen LogP contribution in [0.25, 0.3) is 0 Å². The van der Waals surface area contributed by atoms with E-state index in [0.717, 1.165) is 0 Å². The van der Waals surface area contributed by atoms with E-state index >= 15 is 0 Å². The van der Waals surface area contributed by atoms with Gasteiger partial charge in [-0.2, -0.15) is 0 Å². The van der Waals surface area contributed by atoms with Crippen molar-refractivity contribution in [3.05, 3.63) is 69.9 Å². The van der Waals surface area contributed by atoms with Crippen LogP contribution in [0.5, 0.6) is 11.5 Å². The zero-order chi connectivity index (χ0) is 22.5. The minimum Gasteiger partial charge on any atom is -0.497 e. The van der Waals surface area contributed by atoms with Crippen molar-refractivity contribution in [2.45, 2.75) is 20.4 Å². The highest BCUT2D eigenvalue weighted by Crippen LogP contribution is 2.29. The Morgan fingerprint density at radius 2 is 1.87 bits per heavy atom. The van der Waals surface area contributed by atoms with Crippen molar-refractivity contribution in [1.29, 1.82) is 0 Å². The highest BCUT2D eigenvalue weighted by Gasteiger charge is 2.14. The second kappa shape index (κ2) is 9.29. The van der Waals surface area contributed by atoms with Crippen LogP contribution in [0.4, 0.5) is 21.7 Å². The van der Waals surface area contributed by atoms with Gasteiger partial charge in [0.1, 0.15) is 23.9 Å². The number of nitrogens with one attached hydrogen (secondary N) is 2. The van der Waals surface area contributed by atoms with Crippen LogP contribution in [0.2, 0.25) is 0 Å². The Bertz CT molecular complexity index is 1180. The summed E-state index contributed by atoms with van der Waals surface area (Å²) >= 11 is 0. The number of rotatable bonds is 7. The lowest BCUT2D eigenvalue weighted by Gasteiger charge is -2.16. The van der Waals surface area contributed by atoms with E-state index in [-0.39, 0.29) is 18.3 Å². The molecule has 2 N–H and O–H groups in total. The molecule has 0 saturated heterocycles. The smallest absolute Gasteiger partial charge is 0.255 e. The number of nitrogens with zero attached hydrogens (tertiary/aromatic N) is 2. The Morgan fingerprint density at radius 3 is 2.55 bits per heavy atom. The van der Waals surface area contributed by atoms with E-state index < -0.39 is 11.5 Å². The largest absolute Gasteiger partial charge is 0.497 e. The van der Waals surface area contributed by atoms with Gasteiger partial charge in [0.15, 0.2) is 0 Å². The number of ether oxygens (including phenoxy) is 2. The molecule has 0 radical (unpaired) electrons. The molecule has 0 aliphatic carbocycles. The maximum Gasteiger partial charge on any atom is 0.255 e. The normalized spacial score (nSPS) is 10.5. The minimum atomic E-state index is -0.461. The average molecular weight is 426 g/mol. The van der Waals surface area contributed by atoms with Crippen LogP contribution in [0.1, 0.15) is 11.3 Å². The van der Waals surface area contributed by atoms with Crippen LogP contribution in [0.15, 0.2) is 47.3 Å². The number of aryl methyl sites for hydroxylation is 2. The van der Waals surface area contributed by atoms with Gasteiger partial charge in [-0.15, -0.1) is 0 Å². The number of halogens is 1. The van der Waals surface area contributed by atoms with E-state index in [2.05, 4.69) is 15.6 Å². The van der Waals surface area contributed by atoms with Crippen molar-refractivity contribution in [1.82, 2.24) is 9.55 Å². The standard InChI is InChI=1S/C22H23FN4O4/c1-13-9-15(5-7-17(13)23)25-22-24-14(2)10-21(29)27(22)12-20(28)26-18-11-16(30-3)6-8-19(18)31-4/h5-11H,12H2,1-4H3,(H,24,25)(H,26,28). The lowest BCUT2D eigenvalue weighted by atomic mass is 10.2. The molecule has 0 atom stereocenters. The maximum atomic E-state index is 13.6. The Labute approximate surface area is 178 Å². The Morgan fingerprint density at radius 1 is 1.10 bits per heavy atom. The third-order valence-electron chi connectivity index (χ3n) is 4.53. The quantitative estimate of drug-likeness (QED) is 0.601. The molecular weight excluding hydrogens is 403 g/mol. The second-order valence-corrected chi connectivity index (χ2v) is 6.85. The highest BCUT2D eigenvalue weighted by molar-refractivity contribution is 5.92. The van der Waals surface area contributed by atoms with Crippen LogP contribution in [-0.2, 0) is 11.3 Å². The molecule has 3 rings (SSSR count). The van der Waals surface area contributed by atoms with Crippen molar-refractivity contribution >= 4 is 23.2 Å². The van der Waals surface area contributed by atoms with Gasteiger partial charge in [-0.25, -0.2) is 9.37 Å². The third kappa shape index (κ3) is 5.19. The van der Waals surface area contributed by atoms with Crippen molar-refractivity contribution in [2.75, 3.05) is 24.9 Å². The summed E-state index contributed by atoms with van der Waals surface area (Å²) in [6.07, 6.45) is 0. The van der Waals surface area contributed by atoms with Crippen LogP contribution in [0, 0.1) is 19.7 Å². The predicted octanol–water partition coefficient (Wildman–Crippen LogP) is 3.40. The predicted molar refractivity (Wildman–Crippen MR) is 116 cm³/mol. The fourth-order valence-corrected chi connectivity index (χ4v) is 2.97. The minimum absolute atomic E-state index is 0.170. The number of hydrogen-bond donors (Lipinski definition) is 2. The zero-order valence-corrected chi connectivity index (χ0v) is 17.7. The molecule has 0 spiro atoms. The molecule has 31 heavy (non-hydrogen) atoms. The molecule has 0 aliphatic heterocycles. The number of carbonyl (C=O) groups is 1. The van der Waals surface area contributed by atoms with Crippen molar-refractivity contribution in [2.24, 2.45) is 0 Å². The molecule has 8 nitrogen and oxygen atoms in total. The van der Waals surface area contributed by atoms with E-state index in [4.69, 9.17) is 9.47 Å². The Kier molecular flexibility index (Phi) is 6.54. The van der Waals surface area contributed by atoms with Crippen LogP contribution in [-0.4, -0.2) is 29.7 Å². The number of methoxy groups -OCH3 is 2. The molecule has 2 aromatic carbocycles. The highest BCUT2D eigenvalue weighted by atomic mass is 19.1. The van der Waals surface area contributed by atoms with Gasteiger partial charge >= 0.3 is 0 Å². The second-order valence-electron chi connectivity index (χ2n) is 6.85. The molecule has 1 heterocycles. The first-order valence-corrected chi connectivity index (χ1v) is 9.44. The van der Waals surface area contributed by atoms with Crippen LogP contribution >= 0.6 is 0 Å². The van der Waals surface area contributed by atoms with Gasteiger partial charge in [0.2, 0.25) is 11.9 Å². The molecule has 0 saturated carbocycles. The van der Waals surface area contributed by atoms with E-state index in [0.29, 0.717) is 34.1 Å². The molecule has 1 aromatic heterocycles. The number of aromatic nitrogens is 2. The first kappa shape index (κ1) is 21.8. The summed E-state index contributed by atoms with van der Waals surface area (Å²) in [6, 6.07) is 10.8. The number of anilines is 3. The topological polar surface area (TPSA) is 94.5 Å². The monoisotopic (exact) mass is 426 g/mol. The summed E-state index contributed by atoms with van der Waals surface area (Å²) in [5, 5.41) is 5.72. The summed E-state index contributed by atoms with van der Waals surface area (Å²) in [6.45, 7) is 3.01. The maximum absolute atomic E-state index is 13.6. The molecule has 0 aliphatic rings. The fraction of sp³-hybridized carbons (Fsp3) is 0.227. The van der Waals surface area contributed by atoms with Gasteiger partial charge in [-0.3, -0.25) is 14.2 Å².